The van der Waals surface area contributed by atoms with E-state index in [0.717, 1.165) is 0 Å². The first-order chi connectivity index (χ1) is 30.4. The van der Waals surface area contributed by atoms with E-state index in [1.54, 1.807) is 13.8 Å². The molecule has 1 aliphatic rings. The van der Waals surface area contributed by atoms with Crippen LogP contribution in [0.2, 0.25) is 0 Å². The minimum absolute atomic E-state index is 0.0497. The molecule has 1 fully saturated rings. The van der Waals surface area contributed by atoms with Crippen LogP contribution in [0.5, 0.6) is 0 Å². The number of Topliss-reactive ketones (excluding diaryl/α,β-unsaturated/α-hetero) is 4. The average Bonchev–Trinajstić information content (AvgIpc) is 3.55. The van der Waals surface area contributed by atoms with E-state index < -0.39 is 55.1 Å². The maximum absolute atomic E-state index is 13.7. The Morgan fingerprint density at radius 3 is 0.569 bits per heavy atom. The Bertz CT molecular complexity index is 1740. The summed E-state index contributed by atoms with van der Waals surface area (Å²) in [6, 6.07) is 0. The van der Waals surface area contributed by atoms with Crippen LogP contribution in [0.1, 0.15) is 277 Å². The standard InChI is InChI=1S/C25H48O4.2C15H30O2.C6H12O.CO/c1-19(2,3)17(26)21(7,8)25(15,16)29-23(11,12)18(27)22(9,10)24(13,14)28-20(4,5)6;2*1-12(2,3)11(16)14(7,8)15(9,10)17-13(4,5)6;1-5(2)6(3,4)7-5;1-2/h1-16H3;2*1-10H3;1-4H3;. The van der Waals surface area contributed by atoms with Gasteiger partial charge in [0.25, 0.3) is 0 Å². The zero-order valence-electron chi connectivity index (χ0n) is 55.1. The predicted molar refractivity (Wildman–Crippen MR) is 301 cm³/mol. The Kier molecular flexibility index (Phi) is 25.0. The summed E-state index contributed by atoms with van der Waals surface area (Å²) < 4.78 is 37.7. The molecule has 0 N–H and O–H groups in total. The van der Waals surface area contributed by atoms with Crippen molar-refractivity contribution in [3.05, 3.63) is 6.65 Å². The SMILES string of the molecule is CC(C)(C)OC(C)(C)C(C)(C)C(=O)C(C)(C)C.CC(C)(C)OC(C)(C)C(C)(C)C(=O)C(C)(C)C.CC(C)(C)OC(C)(C)C(C)(C)C(=O)C(C)(C)OC(C)(C)C(C)(C)C(=O)C(C)(C)C.CC1(C)OC1(C)C.[C-]#[O+]. The minimum atomic E-state index is -1.10. The van der Waals surface area contributed by atoms with Gasteiger partial charge in [0.2, 0.25) is 0 Å². The van der Waals surface area contributed by atoms with E-state index in [-0.39, 0.29) is 62.0 Å². The Balaban J connectivity index is -0.000000461. The molecule has 0 bridgehead atoms. The van der Waals surface area contributed by atoms with Crippen LogP contribution in [-0.2, 0) is 47.5 Å². The molecule has 0 radical (unpaired) electrons. The van der Waals surface area contributed by atoms with Crippen LogP contribution < -0.4 is 0 Å². The number of hydrogen-bond donors (Lipinski definition) is 0. The molecule has 0 unspecified atom stereocenters. The van der Waals surface area contributed by atoms with E-state index >= 15 is 0 Å². The summed E-state index contributed by atoms with van der Waals surface area (Å²) in [6.07, 6.45) is 0. The van der Waals surface area contributed by atoms with Crippen LogP contribution in [0.25, 0.3) is 0 Å². The van der Waals surface area contributed by atoms with E-state index in [1.165, 1.54) is 0 Å². The number of epoxide rings is 1. The van der Waals surface area contributed by atoms with E-state index in [4.69, 9.17) is 28.3 Å². The van der Waals surface area contributed by atoms with E-state index in [0.29, 0.717) is 0 Å². The van der Waals surface area contributed by atoms with Gasteiger partial charge in [-0.3, -0.25) is 19.2 Å². The molecule has 0 aromatic carbocycles. The molecule has 10 heteroatoms. The molecule has 0 atom stereocenters. The second kappa shape index (κ2) is 23.4. The second-order valence-electron chi connectivity index (χ2n) is 32.0. The van der Waals surface area contributed by atoms with Crippen molar-refractivity contribution in [1.29, 1.82) is 0 Å². The molecule has 72 heavy (non-hydrogen) atoms. The van der Waals surface area contributed by atoms with Crippen molar-refractivity contribution in [2.45, 2.75) is 333 Å². The topological polar surface area (TPSA) is 138 Å². The van der Waals surface area contributed by atoms with Crippen molar-refractivity contribution in [3.63, 3.8) is 0 Å². The molecule has 1 rings (SSSR count). The molecule has 0 amide bonds. The van der Waals surface area contributed by atoms with Crippen molar-refractivity contribution < 1.29 is 47.5 Å². The Morgan fingerprint density at radius 1 is 0.306 bits per heavy atom. The summed E-state index contributed by atoms with van der Waals surface area (Å²) in [5.74, 6) is 0.527. The summed E-state index contributed by atoms with van der Waals surface area (Å²) in [7, 11) is 0. The van der Waals surface area contributed by atoms with Crippen LogP contribution in [0, 0.1) is 44.6 Å². The first-order valence-electron chi connectivity index (χ1n) is 26.3. The van der Waals surface area contributed by atoms with Crippen molar-refractivity contribution in [1.82, 2.24) is 0 Å². The van der Waals surface area contributed by atoms with Gasteiger partial charge in [-0.1, -0.05) is 118 Å². The first kappa shape index (κ1) is 76.7. The van der Waals surface area contributed by atoms with Gasteiger partial charge in [0.05, 0.1) is 72.1 Å². The quantitative estimate of drug-likeness (QED) is 0.0945. The Morgan fingerprint density at radius 2 is 0.444 bits per heavy atom. The van der Waals surface area contributed by atoms with Gasteiger partial charge in [-0.15, -0.1) is 0 Å². The van der Waals surface area contributed by atoms with E-state index in [1.807, 2.05) is 235 Å². The summed E-state index contributed by atoms with van der Waals surface area (Å²) in [5.41, 5.74) is -8.02. The molecule has 10 nitrogen and oxygen atoms in total. The molecule has 428 valence electrons. The molecule has 0 aromatic heterocycles. The predicted octanol–water partition coefficient (Wildman–Crippen LogP) is 16.4. The van der Waals surface area contributed by atoms with Gasteiger partial charge in [0.15, 0.2) is 5.78 Å². The number of ketones is 4. The van der Waals surface area contributed by atoms with Gasteiger partial charge in [-0.05, 0) is 159 Å². The zero-order chi connectivity index (χ0) is 60.3. The molecule has 1 aliphatic heterocycles. The fraction of sp³-hybridized carbons (Fsp3) is 0.919. The zero-order valence-corrected chi connectivity index (χ0v) is 55.1. The molecule has 0 aliphatic carbocycles. The van der Waals surface area contributed by atoms with Crippen LogP contribution in [0.3, 0.4) is 0 Å². The number of carbonyl (C=O) groups is 4. The van der Waals surface area contributed by atoms with Crippen LogP contribution >= 0.6 is 0 Å². The van der Waals surface area contributed by atoms with E-state index in [2.05, 4.69) is 34.3 Å². The summed E-state index contributed by atoms with van der Waals surface area (Å²) in [6.45, 7) is 83.3. The average molecular weight is 1030 g/mol. The summed E-state index contributed by atoms with van der Waals surface area (Å²) in [5, 5.41) is 0. The summed E-state index contributed by atoms with van der Waals surface area (Å²) in [4.78, 5) is 51.9. The number of ether oxygens (including phenoxy) is 5. The fourth-order valence-electron chi connectivity index (χ4n) is 8.76. The van der Waals surface area contributed by atoms with Crippen molar-refractivity contribution in [2.24, 2.45) is 37.9 Å². The fourth-order valence-corrected chi connectivity index (χ4v) is 8.76. The van der Waals surface area contributed by atoms with Crippen LogP contribution in [0.4, 0.5) is 0 Å². The first-order valence-corrected chi connectivity index (χ1v) is 26.3. The monoisotopic (exact) mass is 1020 g/mol. The summed E-state index contributed by atoms with van der Waals surface area (Å²) >= 11 is 0. The third-order valence-electron chi connectivity index (χ3n) is 15.0. The molecular formula is C62H120O10. The third-order valence-corrected chi connectivity index (χ3v) is 15.0. The van der Waals surface area contributed by atoms with E-state index in [9.17, 15) is 19.2 Å². The van der Waals surface area contributed by atoms with Crippen molar-refractivity contribution in [2.75, 3.05) is 0 Å². The molecular weight excluding hydrogens is 905 g/mol. The molecule has 0 aromatic rings. The van der Waals surface area contributed by atoms with Gasteiger partial charge in [0.1, 0.15) is 23.0 Å². The van der Waals surface area contributed by atoms with Gasteiger partial charge in [-0.2, -0.15) is 0 Å². The molecule has 0 saturated carbocycles. The normalized spacial score (nSPS) is 16.5. The number of carbonyl (C=O) groups excluding carboxylic acids is 4. The Labute approximate surface area is 446 Å². The Hall–Kier alpha value is -1.78. The molecule has 0 spiro atoms. The van der Waals surface area contributed by atoms with Crippen molar-refractivity contribution >= 4 is 23.1 Å². The second-order valence-corrected chi connectivity index (χ2v) is 32.0. The molecule has 1 heterocycles. The number of rotatable bonds is 14. The molecule has 1 saturated heterocycles. The van der Waals surface area contributed by atoms with Gasteiger partial charge < -0.3 is 23.7 Å². The van der Waals surface area contributed by atoms with Gasteiger partial charge in [0, 0.05) is 16.2 Å². The van der Waals surface area contributed by atoms with Crippen molar-refractivity contribution in [3.8, 4) is 0 Å². The van der Waals surface area contributed by atoms with Crippen LogP contribution in [-0.4, -0.2) is 79.1 Å². The maximum atomic E-state index is 13.7. The van der Waals surface area contributed by atoms with Gasteiger partial charge >= 0.3 is 11.3 Å². The van der Waals surface area contributed by atoms with Crippen LogP contribution in [0.15, 0.2) is 0 Å². The van der Waals surface area contributed by atoms with Gasteiger partial charge in [-0.25, -0.2) is 0 Å². The number of hydrogen-bond acceptors (Lipinski definition) is 9. The third kappa shape index (κ3) is 21.7.